The van der Waals surface area contributed by atoms with Crippen molar-refractivity contribution in [1.82, 2.24) is 10.3 Å². The fraction of sp³-hybridized carbons (Fsp3) is 0.417. The van der Waals surface area contributed by atoms with Crippen LogP contribution < -0.4 is 5.32 Å². The maximum Gasteiger partial charge on any atom is 0.115 e. The van der Waals surface area contributed by atoms with Crippen molar-refractivity contribution < 1.29 is 0 Å². The zero-order valence-corrected chi connectivity index (χ0v) is 13.3. The molecule has 2 nitrogen and oxygen atoms in total. The molecule has 17 heavy (non-hydrogen) atoms. The van der Waals surface area contributed by atoms with E-state index in [1.807, 2.05) is 0 Å². The molecule has 0 aliphatic carbocycles. The molecule has 2 rings (SSSR count). The lowest BCUT2D eigenvalue weighted by molar-refractivity contribution is 0.635. The van der Waals surface area contributed by atoms with Crippen LogP contribution in [0.4, 0.5) is 0 Å². The van der Waals surface area contributed by atoms with Crippen molar-refractivity contribution in [1.29, 1.82) is 0 Å². The number of nitrogens with zero attached hydrogens (tertiary/aromatic N) is 1. The van der Waals surface area contributed by atoms with Gasteiger partial charge in [0.25, 0.3) is 0 Å². The fourth-order valence-electron chi connectivity index (χ4n) is 1.61. The van der Waals surface area contributed by atoms with Crippen molar-refractivity contribution in [3.05, 3.63) is 36.4 Å². The molecule has 0 fully saturated rings. The Kier molecular flexibility index (Phi) is 4.36. The third kappa shape index (κ3) is 2.96. The molecule has 2 aromatic rings. The van der Waals surface area contributed by atoms with Crippen LogP contribution in [0.1, 0.15) is 33.4 Å². The largest absolute Gasteiger partial charge is 0.304 e. The van der Waals surface area contributed by atoms with E-state index in [1.54, 1.807) is 22.7 Å². The first-order valence-corrected chi connectivity index (χ1v) is 8.02. The van der Waals surface area contributed by atoms with E-state index < -0.39 is 0 Å². The zero-order valence-electron chi connectivity index (χ0n) is 10.1. The van der Waals surface area contributed by atoms with Gasteiger partial charge >= 0.3 is 0 Å². The van der Waals surface area contributed by atoms with Crippen LogP contribution in [0.25, 0.3) is 0 Å². The van der Waals surface area contributed by atoms with E-state index in [1.165, 1.54) is 9.75 Å². The molecule has 0 aliphatic heterocycles. The number of thiazole rings is 1. The maximum atomic E-state index is 4.66. The molecule has 0 amide bonds. The molecule has 0 saturated heterocycles. The highest BCUT2D eigenvalue weighted by Gasteiger charge is 2.19. The number of hydrogen-bond acceptors (Lipinski definition) is 4. The number of hydrogen-bond donors (Lipinski definition) is 1. The van der Waals surface area contributed by atoms with Crippen molar-refractivity contribution in [2.45, 2.75) is 26.8 Å². The normalized spacial score (nSPS) is 12.9. The summed E-state index contributed by atoms with van der Waals surface area (Å²) in [7, 11) is 0. The number of rotatable bonds is 4. The molecule has 1 unspecified atom stereocenters. The minimum atomic E-state index is 0.230. The zero-order chi connectivity index (χ0) is 12.4. The van der Waals surface area contributed by atoms with E-state index in [9.17, 15) is 0 Å². The van der Waals surface area contributed by atoms with Gasteiger partial charge in [0.2, 0.25) is 0 Å². The summed E-state index contributed by atoms with van der Waals surface area (Å²) in [5.41, 5.74) is 1.14. The van der Waals surface area contributed by atoms with Crippen LogP contribution in [0, 0.1) is 13.8 Å². The average Bonchev–Trinajstić information content (AvgIpc) is 2.83. The highest BCUT2D eigenvalue weighted by molar-refractivity contribution is 9.10. The highest BCUT2D eigenvalue weighted by Crippen LogP contribution is 2.32. The van der Waals surface area contributed by atoms with Gasteiger partial charge in [0.1, 0.15) is 5.01 Å². The molecule has 0 aromatic carbocycles. The molecule has 0 aliphatic rings. The molecule has 0 radical (unpaired) electrons. The average molecular weight is 331 g/mol. The second-order valence-corrected chi connectivity index (χ2v) is 6.94. The third-order valence-corrected chi connectivity index (χ3v) is 5.47. The van der Waals surface area contributed by atoms with Crippen molar-refractivity contribution in [3.8, 4) is 0 Å². The van der Waals surface area contributed by atoms with E-state index in [2.05, 4.69) is 58.4 Å². The van der Waals surface area contributed by atoms with Gasteiger partial charge in [-0.2, -0.15) is 0 Å². The highest BCUT2D eigenvalue weighted by atomic mass is 79.9. The van der Waals surface area contributed by atoms with Crippen molar-refractivity contribution in [2.24, 2.45) is 0 Å². The summed E-state index contributed by atoms with van der Waals surface area (Å²) < 4.78 is 1.14. The molecule has 1 atom stereocenters. The molecule has 0 bridgehead atoms. The monoisotopic (exact) mass is 330 g/mol. The van der Waals surface area contributed by atoms with Crippen LogP contribution in [0.3, 0.4) is 0 Å². The molecule has 5 heteroatoms. The molecule has 1 N–H and O–H groups in total. The summed E-state index contributed by atoms with van der Waals surface area (Å²) in [5.74, 6) is 0. The first-order chi connectivity index (χ1) is 8.11. The van der Waals surface area contributed by atoms with Crippen LogP contribution >= 0.6 is 38.6 Å². The number of aromatic nitrogens is 1. The lowest BCUT2D eigenvalue weighted by Gasteiger charge is -2.13. The Morgan fingerprint density at radius 2 is 2.24 bits per heavy atom. The number of aryl methyl sites for hydroxylation is 2. The topological polar surface area (TPSA) is 24.9 Å². The summed E-state index contributed by atoms with van der Waals surface area (Å²) in [6, 6.07) is 2.40. The van der Waals surface area contributed by atoms with E-state index in [-0.39, 0.29) is 6.04 Å². The quantitative estimate of drug-likeness (QED) is 0.904. The second-order valence-electron chi connectivity index (χ2n) is 3.85. The summed E-state index contributed by atoms with van der Waals surface area (Å²) in [6.07, 6.45) is 0. The summed E-state index contributed by atoms with van der Waals surface area (Å²) in [5, 5.41) is 6.79. The summed E-state index contributed by atoms with van der Waals surface area (Å²) in [4.78, 5) is 7.28. The first kappa shape index (κ1) is 13.2. The lowest BCUT2D eigenvalue weighted by atomic mass is 10.2. The van der Waals surface area contributed by atoms with Crippen molar-refractivity contribution in [2.75, 3.05) is 6.54 Å². The van der Waals surface area contributed by atoms with Gasteiger partial charge in [-0.25, -0.2) is 4.98 Å². The minimum Gasteiger partial charge on any atom is -0.304 e. The molecule has 0 saturated carbocycles. The van der Waals surface area contributed by atoms with E-state index in [4.69, 9.17) is 0 Å². The van der Waals surface area contributed by atoms with Crippen LogP contribution in [0.5, 0.6) is 0 Å². The van der Waals surface area contributed by atoms with Gasteiger partial charge < -0.3 is 5.32 Å². The maximum absolute atomic E-state index is 4.66. The number of thiophene rings is 1. The predicted octanol–water partition coefficient (Wildman–Crippen LogP) is 4.28. The summed E-state index contributed by atoms with van der Waals surface area (Å²) in [6.45, 7) is 7.27. The van der Waals surface area contributed by atoms with Crippen molar-refractivity contribution >= 4 is 38.6 Å². The smallest absolute Gasteiger partial charge is 0.115 e. The second kappa shape index (κ2) is 5.61. The predicted molar refractivity (Wildman–Crippen MR) is 79.1 cm³/mol. The van der Waals surface area contributed by atoms with Crippen LogP contribution in [0.15, 0.2) is 15.9 Å². The van der Waals surface area contributed by atoms with Gasteiger partial charge in [0.05, 0.1) is 11.7 Å². The molecule has 92 valence electrons. The van der Waals surface area contributed by atoms with Crippen molar-refractivity contribution in [3.63, 3.8) is 0 Å². The van der Waals surface area contributed by atoms with Crippen LogP contribution in [-0.4, -0.2) is 11.5 Å². The standard InChI is InChI=1S/C12H15BrN2S2/c1-4-14-11(10-5-9(13)6-16-10)12-15-7(2)8(3)17-12/h5-6,11,14H,4H2,1-3H3. The van der Waals surface area contributed by atoms with Gasteiger partial charge in [0.15, 0.2) is 0 Å². The van der Waals surface area contributed by atoms with Crippen LogP contribution in [0.2, 0.25) is 0 Å². The Morgan fingerprint density at radius 1 is 1.47 bits per heavy atom. The fourth-order valence-corrected chi connectivity index (χ4v) is 4.23. The lowest BCUT2D eigenvalue weighted by Crippen LogP contribution is -2.20. The molecule has 0 spiro atoms. The Labute approximate surface area is 118 Å². The van der Waals surface area contributed by atoms with Gasteiger partial charge in [-0.05, 0) is 42.4 Å². The Hall–Kier alpha value is -0.230. The Bertz CT molecular complexity index is 485. The number of halogens is 1. The number of nitrogens with one attached hydrogen (secondary N) is 1. The van der Waals surface area contributed by atoms with E-state index in [0.29, 0.717) is 0 Å². The third-order valence-electron chi connectivity index (χ3n) is 2.57. The van der Waals surface area contributed by atoms with E-state index >= 15 is 0 Å². The van der Waals surface area contributed by atoms with Gasteiger partial charge in [-0.15, -0.1) is 22.7 Å². The summed E-state index contributed by atoms with van der Waals surface area (Å²) >= 11 is 7.06. The SMILES string of the molecule is CCNC(c1cc(Br)cs1)c1nc(C)c(C)s1. The minimum absolute atomic E-state index is 0.230. The molecule has 2 aromatic heterocycles. The first-order valence-electron chi connectivity index (χ1n) is 5.53. The molecule has 2 heterocycles. The van der Waals surface area contributed by atoms with Gasteiger partial charge in [-0.3, -0.25) is 0 Å². The molecular weight excluding hydrogens is 316 g/mol. The van der Waals surface area contributed by atoms with Gasteiger partial charge in [-0.1, -0.05) is 6.92 Å². The van der Waals surface area contributed by atoms with Crippen LogP contribution in [-0.2, 0) is 0 Å². The Balaban J connectivity index is 2.34. The van der Waals surface area contributed by atoms with Gasteiger partial charge in [0, 0.05) is 19.6 Å². The Morgan fingerprint density at radius 3 is 2.71 bits per heavy atom. The molecular formula is C12H15BrN2S2. The van der Waals surface area contributed by atoms with E-state index in [0.717, 1.165) is 21.7 Å².